The quantitative estimate of drug-likeness (QED) is 0.332. The first kappa shape index (κ1) is 26.1. The summed E-state index contributed by atoms with van der Waals surface area (Å²) in [4.78, 5) is 8.89. The van der Waals surface area contributed by atoms with Gasteiger partial charge in [-0.2, -0.15) is 13.2 Å². The predicted octanol–water partition coefficient (Wildman–Crippen LogP) is 3.24. The minimum absolute atomic E-state index is 0. The van der Waals surface area contributed by atoms with Gasteiger partial charge in [-0.1, -0.05) is 12.1 Å². The number of hydrogen-bond acceptors (Lipinski definition) is 4. The van der Waals surface area contributed by atoms with Gasteiger partial charge < -0.3 is 19.7 Å². The Bertz CT molecular complexity index is 697. The van der Waals surface area contributed by atoms with E-state index < -0.39 is 11.7 Å². The van der Waals surface area contributed by atoms with Gasteiger partial charge in [0.15, 0.2) is 5.96 Å². The van der Waals surface area contributed by atoms with Crippen LogP contribution in [-0.4, -0.2) is 82.5 Å². The van der Waals surface area contributed by atoms with Gasteiger partial charge in [0.25, 0.3) is 0 Å². The number of guanidine groups is 1. The van der Waals surface area contributed by atoms with Crippen LogP contribution in [0.15, 0.2) is 29.3 Å². The molecule has 0 saturated carbocycles. The van der Waals surface area contributed by atoms with Crippen LogP contribution in [0.4, 0.5) is 13.2 Å². The summed E-state index contributed by atoms with van der Waals surface area (Å²) in [7, 11) is 3.47. The molecule has 2 heterocycles. The van der Waals surface area contributed by atoms with Crippen molar-refractivity contribution in [3.63, 3.8) is 0 Å². The first-order valence-corrected chi connectivity index (χ1v) is 10.4. The van der Waals surface area contributed by atoms with Crippen molar-refractivity contribution in [2.75, 3.05) is 66.7 Å². The van der Waals surface area contributed by atoms with Crippen molar-refractivity contribution >= 4 is 29.9 Å². The van der Waals surface area contributed by atoms with E-state index in [1.54, 1.807) is 26.3 Å². The third kappa shape index (κ3) is 7.19. The van der Waals surface area contributed by atoms with Gasteiger partial charge in [-0.25, -0.2) is 0 Å². The summed E-state index contributed by atoms with van der Waals surface area (Å²) in [6, 6.07) is 5.42. The molecule has 0 radical (unpaired) electrons. The maximum Gasteiger partial charge on any atom is 0.416 e. The lowest BCUT2D eigenvalue weighted by Crippen LogP contribution is -2.47. The first-order valence-electron chi connectivity index (χ1n) is 10.4. The fraction of sp³-hybridized carbons (Fsp3) is 0.667. The normalized spacial score (nSPS) is 21.6. The van der Waals surface area contributed by atoms with Gasteiger partial charge >= 0.3 is 6.18 Å². The number of rotatable bonds is 6. The van der Waals surface area contributed by atoms with E-state index in [9.17, 15) is 13.2 Å². The van der Waals surface area contributed by atoms with Crippen LogP contribution in [0.25, 0.3) is 0 Å². The number of aliphatic imine (C=N–C) groups is 1. The van der Waals surface area contributed by atoms with Crippen LogP contribution in [0.2, 0.25) is 0 Å². The fourth-order valence-corrected chi connectivity index (χ4v) is 4.16. The van der Waals surface area contributed by atoms with Crippen molar-refractivity contribution in [2.24, 2.45) is 10.9 Å². The van der Waals surface area contributed by atoms with Gasteiger partial charge in [0.05, 0.1) is 31.4 Å². The molecular weight excluding hydrogens is 524 g/mol. The number of hydrogen-bond donors (Lipinski definition) is 1. The average molecular weight is 556 g/mol. The Labute approximate surface area is 199 Å². The molecule has 1 aromatic carbocycles. The van der Waals surface area contributed by atoms with Gasteiger partial charge in [0.2, 0.25) is 0 Å². The molecule has 2 fully saturated rings. The van der Waals surface area contributed by atoms with Gasteiger partial charge in [-0.15, -0.1) is 24.0 Å². The minimum atomic E-state index is -4.33. The average Bonchev–Trinajstić information content (AvgIpc) is 3.20. The van der Waals surface area contributed by atoms with E-state index in [4.69, 9.17) is 9.47 Å². The molecule has 1 N–H and O–H groups in total. The number of nitrogens with zero attached hydrogens (tertiary/aromatic N) is 3. The van der Waals surface area contributed by atoms with Crippen molar-refractivity contribution in [2.45, 2.75) is 18.6 Å². The molecule has 1 aromatic rings. The molecule has 2 unspecified atom stereocenters. The molecule has 10 heteroatoms. The van der Waals surface area contributed by atoms with E-state index in [2.05, 4.69) is 20.1 Å². The molecule has 3 rings (SSSR count). The van der Waals surface area contributed by atoms with Crippen LogP contribution in [0.5, 0.6) is 0 Å². The van der Waals surface area contributed by atoms with E-state index in [0.29, 0.717) is 25.7 Å². The van der Waals surface area contributed by atoms with Crippen molar-refractivity contribution in [3.05, 3.63) is 35.4 Å². The largest absolute Gasteiger partial charge is 0.416 e. The highest BCUT2D eigenvalue weighted by molar-refractivity contribution is 14.0. The molecule has 0 amide bonds. The Morgan fingerprint density at radius 1 is 1.23 bits per heavy atom. The fourth-order valence-electron chi connectivity index (χ4n) is 4.16. The lowest BCUT2D eigenvalue weighted by molar-refractivity contribution is -0.137. The van der Waals surface area contributed by atoms with Crippen molar-refractivity contribution in [1.82, 2.24) is 15.1 Å². The molecule has 0 bridgehead atoms. The number of ether oxygens (including phenoxy) is 2. The molecular formula is C21H32F3IN4O2. The summed E-state index contributed by atoms with van der Waals surface area (Å²) in [6.07, 6.45) is -3.28. The number of alkyl halides is 3. The van der Waals surface area contributed by atoms with Crippen LogP contribution >= 0.6 is 24.0 Å². The first-order chi connectivity index (χ1) is 14.4. The van der Waals surface area contributed by atoms with Crippen LogP contribution in [0, 0.1) is 5.92 Å². The van der Waals surface area contributed by atoms with E-state index in [-0.39, 0.29) is 30.0 Å². The van der Waals surface area contributed by atoms with Gasteiger partial charge in [-0.05, 0) is 24.1 Å². The Balaban J connectivity index is 0.00000341. The maximum absolute atomic E-state index is 13.0. The lowest BCUT2D eigenvalue weighted by Gasteiger charge is -2.36. The summed E-state index contributed by atoms with van der Waals surface area (Å²) in [5, 5.41) is 3.45. The van der Waals surface area contributed by atoms with Crippen LogP contribution in [0.1, 0.15) is 23.6 Å². The highest BCUT2D eigenvalue weighted by Gasteiger charge is 2.31. The molecule has 2 saturated heterocycles. The molecule has 2 atom stereocenters. The summed E-state index contributed by atoms with van der Waals surface area (Å²) in [6.45, 7) is 5.82. The highest BCUT2D eigenvalue weighted by Crippen LogP contribution is 2.31. The van der Waals surface area contributed by atoms with E-state index >= 15 is 0 Å². The number of nitrogens with one attached hydrogen (secondary N) is 1. The number of likely N-dealkylation sites (tertiary alicyclic amines) is 1. The molecule has 2 aliphatic rings. The summed E-state index contributed by atoms with van der Waals surface area (Å²) < 4.78 is 49.6. The van der Waals surface area contributed by atoms with Gasteiger partial charge in [-0.3, -0.25) is 9.89 Å². The molecule has 2 aliphatic heterocycles. The summed E-state index contributed by atoms with van der Waals surface area (Å²) in [5.74, 6) is 1.30. The van der Waals surface area contributed by atoms with Crippen molar-refractivity contribution in [3.8, 4) is 0 Å². The standard InChI is InChI=1S/C21H31F3N4O2.HI/c1-25-20(28-8-7-16(14-28)15-29-2)26-13-19(27-9-11-30-12-10-27)17-3-5-18(6-4-17)21(22,23)24;/h3-6,16,19H,7-15H2,1-2H3,(H,25,26);1H. The Morgan fingerprint density at radius 3 is 2.48 bits per heavy atom. The maximum atomic E-state index is 13.0. The zero-order chi connectivity index (χ0) is 21.6. The highest BCUT2D eigenvalue weighted by atomic mass is 127. The SMILES string of the molecule is CN=C(NCC(c1ccc(C(F)(F)F)cc1)N1CCOCC1)N1CCC(COC)C1.I. The number of methoxy groups -OCH3 is 1. The summed E-state index contributed by atoms with van der Waals surface area (Å²) in [5.41, 5.74) is 0.225. The molecule has 0 spiro atoms. The minimum Gasteiger partial charge on any atom is -0.384 e. The van der Waals surface area contributed by atoms with Crippen LogP contribution < -0.4 is 5.32 Å². The summed E-state index contributed by atoms with van der Waals surface area (Å²) >= 11 is 0. The zero-order valence-electron chi connectivity index (χ0n) is 18.0. The van der Waals surface area contributed by atoms with E-state index in [1.165, 1.54) is 0 Å². The van der Waals surface area contributed by atoms with Gasteiger partial charge in [0, 0.05) is 52.8 Å². The molecule has 176 valence electrons. The number of benzene rings is 1. The monoisotopic (exact) mass is 556 g/mol. The predicted molar refractivity (Wildman–Crippen MR) is 125 cm³/mol. The second-order valence-electron chi connectivity index (χ2n) is 7.77. The zero-order valence-corrected chi connectivity index (χ0v) is 20.4. The number of morpholine rings is 1. The number of halogens is 4. The van der Waals surface area contributed by atoms with Gasteiger partial charge in [0.1, 0.15) is 0 Å². The molecule has 6 nitrogen and oxygen atoms in total. The second kappa shape index (κ2) is 12.2. The second-order valence-corrected chi connectivity index (χ2v) is 7.77. The lowest BCUT2D eigenvalue weighted by atomic mass is 10.0. The third-order valence-electron chi connectivity index (χ3n) is 5.76. The van der Waals surface area contributed by atoms with E-state index in [0.717, 1.165) is 62.9 Å². The van der Waals surface area contributed by atoms with Crippen LogP contribution in [-0.2, 0) is 15.7 Å². The Morgan fingerprint density at radius 2 is 1.90 bits per heavy atom. The van der Waals surface area contributed by atoms with Crippen molar-refractivity contribution in [1.29, 1.82) is 0 Å². The van der Waals surface area contributed by atoms with Crippen LogP contribution in [0.3, 0.4) is 0 Å². The smallest absolute Gasteiger partial charge is 0.384 e. The topological polar surface area (TPSA) is 49.3 Å². The molecule has 0 aliphatic carbocycles. The van der Waals surface area contributed by atoms with Crippen molar-refractivity contribution < 1.29 is 22.6 Å². The third-order valence-corrected chi connectivity index (χ3v) is 5.76. The van der Waals surface area contributed by atoms with E-state index in [1.807, 2.05) is 0 Å². The Kier molecular flexibility index (Phi) is 10.3. The Hall–Kier alpha value is -1.11. The molecule has 0 aromatic heterocycles. The molecule has 31 heavy (non-hydrogen) atoms.